The molecule has 1 N–H and O–H groups in total. The molecule has 0 fully saturated rings. The van der Waals surface area contributed by atoms with Gasteiger partial charge in [-0.25, -0.2) is 0 Å². The summed E-state index contributed by atoms with van der Waals surface area (Å²) in [6.07, 6.45) is 1.74. The fourth-order valence-electron chi connectivity index (χ4n) is 3.81. The van der Waals surface area contributed by atoms with Gasteiger partial charge in [0, 0.05) is 33.5 Å². The highest BCUT2D eigenvalue weighted by molar-refractivity contribution is 6.31. The fraction of sp³-hybridized carbons (Fsp3) is 0.200. The van der Waals surface area contributed by atoms with Crippen LogP contribution >= 0.6 is 23.2 Å². The molecule has 0 aromatic heterocycles. The number of fused-ring (bicyclic) bond motifs is 1. The van der Waals surface area contributed by atoms with Crippen molar-refractivity contribution in [1.29, 1.82) is 0 Å². The lowest BCUT2D eigenvalue weighted by Crippen LogP contribution is -2.35. The molecule has 1 aliphatic heterocycles. The van der Waals surface area contributed by atoms with Crippen LogP contribution in [0, 0.1) is 0 Å². The topological polar surface area (TPSA) is 49.4 Å². The second-order valence-electron chi connectivity index (χ2n) is 7.68. The van der Waals surface area contributed by atoms with Gasteiger partial charge in [-0.3, -0.25) is 9.59 Å². The number of anilines is 2. The van der Waals surface area contributed by atoms with Crippen molar-refractivity contribution in [2.75, 3.05) is 16.8 Å². The lowest BCUT2D eigenvalue weighted by atomic mass is 9.93. The number of benzene rings is 3. The zero-order valence-electron chi connectivity index (χ0n) is 17.1. The van der Waals surface area contributed by atoms with E-state index < -0.39 is 0 Å². The summed E-state index contributed by atoms with van der Waals surface area (Å²) in [5.41, 5.74) is 4.16. The van der Waals surface area contributed by atoms with E-state index in [1.165, 1.54) is 0 Å². The van der Waals surface area contributed by atoms with Gasteiger partial charge in [-0.1, -0.05) is 41.4 Å². The number of hydrogen-bond donors (Lipinski definition) is 1. The van der Waals surface area contributed by atoms with Crippen LogP contribution in [0.3, 0.4) is 0 Å². The minimum atomic E-state index is -0.333. The fourth-order valence-corrected chi connectivity index (χ4v) is 4.13. The predicted molar refractivity (Wildman–Crippen MR) is 126 cm³/mol. The molecule has 0 radical (unpaired) electrons. The normalized spacial score (nSPS) is 14.0. The molecule has 1 heterocycles. The first-order valence-electron chi connectivity index (χ1n) is 10.2. The van der Waals surface area contributed by atoms with Gasteiger partial charge >= 0.3 is 0 Å². The minimum Gasteiger partial charge on any atom is -0.326 e. The average molecular weight is 453 g/mol. The van der Waals surface area contributed by atoms with Crippen LogP contribution in [-0.2, 0) is 11.2 Å². The molecule has 3 aromatic carbocycles. The maximum absolute atomic E-state index is 13.1. The molecule has 2 amide bonds. The molecular weight excluding hydrogens is 431 g/mol. The van der Waals surface area contributed by atoms with Crippen molar-refractivity contribution in [1.82, 2.24) is 0 Å². The summed E-state index contributed by atoms with van der Waals surface area (Å²) in [7, 11) is 0. The zero-order valence-corrected chi connectivity index (χ0v) is 18.6. The van der Waals surface area contributed by atoms with E-state index in [0.717, 1.165) is 29.7 Å². The highest BCUT2D eigenvalue weighted by Crippen LogP contribution is 2.32. The molecule has 0 bridgehead atoms. The van der Waals surface area contributed by atoms with Gasteiger partial charge in [0.1, 0.15) is 0 Å². The highest BCUT2D eigenvalue weighted by Gasteiger charge is 2.25. The monoisotopic (exact) mass is 452 g/mol. The van der Waals surface area contributed by atoms with E-state index in [1.54, 1.807) is 53.4 Å². The van der Waals surface area contributed by atoms with Crippen molar-refractivity contribution in [2.24, 2.45) is 0 Å². The Labute approximate surface area is 191 Å². The summed E-state index contributed by atoms with van der Waals surface area (Å²) < 4.78 is 0. The Morgan fingerprint density at radius 1 is 0.968 bits per heavy atom. The van der Waals surface area contributed by atoms with Gasteiger partial charge in [0.2, 0.25) is 5.91 Å². The van der Waals surface area contributed by atoms with Gasteiger partial charge in [-0.15, -0.1) is 0 Å². The van der Waals surface area contributed by atoms with Crippen molar-refractivity contribution >= 4 is 46.4 Å². The van der Waals surface area contributed by atoms with E-state index in [4.69, 9.17) is 23.2 Å². The Morgan fingerprint density at radius 3 is 2.48 bits per heavy atom. The van der Waals surface area contributed by atoms with Crippen LogP contribution in [0.5, 0.6) is 0 Å². The van der Waals surface area contributed by atoms with Crippen LogP contribution in [0.2, 0.25) is 10.0 Å². The summed E-state index contributed by atoms with van der Waals surface area (Å²) >= 11 is 12.0. The van der Waals surface area contributed by atoms with E-state index in [9.17, 15) is 9.59 Å². The standard InChI is InChI=1S/C25H22Cl2N2O2/c1-16(24(30)28-22-10-8-20(26)9-11-22)17-7-12-23-18(14-17)5-3-13-29(23)25(31)19-4-2-6-21(27)15-19/h2,4,6-12,14-16H,3,5,13H2,1H3,(H,28,30)/t16-/m0/s1. The third-order valence-corrected chi connectivity index (χ3v) is 6.03. The number of amides is 2. The molecule has 6 heteroatoms. The maximum atomic E-state index is 13.1. The number of aryl methyl sites for hydroxylation is 1. The second-order valence-corrected chi connectivity index (χ2v) is 8.55. The molecule has 0 saturated carbocycles. The van der Waals surface area contributed by atoms with Crippen molar-refractivity contribution in [3.05, 3.63) is 93.5 Å². The Bertz CT molecular complexity index is 1130. The van der Waals surface area contributed by atoms with E-state index in [2.05, 4.69) is 5.32 Å². The molecule has 4 nitrogen and oxygen atoms in total. The molecular formula is C25H22Cl2N2O2. The quantitative estimate of drug-likeness (QED) is 0.502. The van der Waals surface area contributed by atoms with Crippen LogP contribution in [-0.4, -0.2) is 18.4 Å². The van der Waals surface area contributed by atoms with Gasteiger partial charge in [-0.2, -0.15) is 0 Å². The van der Waals surface area contributed by atoms with Crippen molar-refractivity contribution in [3.8, 4) is 0 Å². The van der Waals surface area contributed by atoms with E-state index in [1.807, 2.05) is 25.1 Å². The summed E-state index contributed by atoms with van der Waals surface area (Å²) in [4.78, 5) is 27.6. The SMILES string of the molecule is C[C@H](C(=O)Nc1ccc(Cl)cc1)c1ccc2c(c1)CCCN2C(=O)c1cccc(Cl)c1. The molecule has 1 aliphatic rings. The van der Waals surface area contributed by atoms with Crippen LogP contribution < -0.4 is 10.2 Å². The number of nitrogens with zero attached hydrogens (tertiary/aromatic N) is 1. The summed E-state index contributed by atoms with van der Waals surface area (Å²) in [5, 5.41) is 4.09. The molecule has 3 aromatic rings. The molecule has 1 atom stereocenters. The van der Waals surface area contributed by atoms with Gasteiger partial charge in [-0.05, 0) is 79.4 Å². The van der Waals surface area contributed by atoms with Gasteiger partial charge in [0.15, 0.2) is 0 Å². The van der Waals surface area contributed by atoms with Crippen molar-refractivity contribution < 1.29 is 9.59 Å². The largest absolute Gasteiger partial charge is 0.326 e. The third kappa shape index (κ3) is 4.76. The first kappa shape index (κ1) is 21.4. The molecule has 31 heavy (non-hydrogen) atoms. The van der Waals surface area contributed by atoms with Crippen LogP contribution in [0.1, 0.15) is 40.7 Å². The summed E-state index contributed by atoms with van der Waals surface area (Å²) in [6, 6.07) is 20.0. The molecule has 0 aliphatic carbocycles. The van der Waals surface area contributed by atoms with Crippen molar-refractivity contribution in [3.63, 3.8) is 0 Å². The number of rotatable bonds is 4. The molecule has 0 spiro atoms. The summed E-state index contributed by atoms with van der Waals surface area (Å²) in [6.45, 7) is 2.54. The highest BCUT2D eigenvalue weighted by atomic mass is 35.5. The zero-order chi connectivity index (χ0) is 22.0. The second kappa shape index (κ2) is 9.13. The van der Waals surface area contributed by atoms with Crippen LogP contribution in [0.15, 0.2) is 66.7 Å². The first-order chi connectivity index (χ1) is 14.9. The van der Waals surface area contributed by atoms with Crippen LogP contribution in [0.4, 0.5) is 11.4 Å². The number of halogens is 2. The molecule has 158 valence electrons. The van der Waals surface area contributed by atoms with Gasteiger partial charge in [0.25, 0.3) is 5.91 Å². The average Bonchev–Trinajstić information content (AvgIpc) is 2.78. The lowest BCUT2D eigenvalue weighted by molar-refractivity contribution is -0.117. The van der Waals surface area contributed by atoms with Gasteiger partial charge in [0.05, 0.1) is 5.92 Å². The van der Waals surface area contributed by atoms with Gasteiger partial charge < -0.3 is 10.2 Å². The number of nitrogens with one attached hydrogen (secondary N) is 1. The Kier molecular flexibility index (Phi) is 6.30. The minimum absolute atomic E-state index is 0.0651. The number of carbonyl (C=O) groups excluding carboxylic acids is 2. The third-order valence-electron chi connectivity index (χ3n) is 5.54. The molecule has 0 unspecified atom stereocenters. The molecule has 4 rings (SSSR count). The number of hydrogen-bond acceptors (Lipinski definition) is 2. The number of carbonyl (C=O) groups is 2. The Morgan fingerprint density at radius 2 is 1.74 bits per heavy atom. The van der Waals surface area contributed by atoms with Crippen LogP contribution in [0.25, 0.3) is 0 Å². The van der Waals surface area contributed by atoms with E-state index >= 15 is 0 Å². The van der Waals surface area contributed by atoms with E-state index in [-0.39, 0.29) is 17.7 Å². The predicted octanol–water partition coefficient (Wildman–Crippen LogP) is 6.33. The summed E-state index contributed by atoms with van der Waals surface area (Å²) in [5.74, 6) is -0.491. The van der Waals surface area contributed by atoms with Crippen molar-refractivity contribution in [2.45, 2.75) is 25.7 Å². The lowest BCUT2D eigenvalue weighted by Gasteiger charge is -2.30. The molecule has 0 saturated heterocycles. The maximum Gasteiger partial charge on any atom is 0.258 e. The smallest absolute Gasteiger partial charge is 0.258 e. The Balaban J connectivity index is 1.54. The first-order valence-corrected chi connectivity index (χ1v) is 10.9. The van der Waals surface area contributed by atoms with E-state index in [0.29, 0.717) is 27.8 Å². The Hall–Kier alpha value is -2.82.